The fraction of sp³-hybridized carbons (Fsp3) is 0.231. The second-order valence-corrected chi connectivity index (χ2v) is 4.82. The summed E-state index contributed by atoms with van der Waals surface area (Å²) in [6.07, 6.45) is 0. The van der Waals surface area contributed by atoms with E-state index in [1.165, 1.54) is 4.68 Å². The van der Waals surface area contributed by atoms with E-state index >= 15 is 0 Å². The summed E-state index contributed by atoms with van der Waals surface area (Å²) in [6.45, 7) is 3.65. The Labute approximate surface area is 116 Å². The quantitative estimate of drug-likeness (QED) is 0.886. The smallest absolute Gasteiger partial charge is 0.276 e. The number of nitrogens with two attached hydrogens (primary N) is 1. The Hall–Kier alpha value is -2.01. The number of aromatic nitrogens is 2. The number of anilines is 2. The van der Waals surface area contributed by atoms with Crippen LogP contribution in [0.3, 0.4) is 0 Å². The van der Waals surface area contributed by atoms with Gasteiger partial charge >= 0.3 is 0 Å². The zero-order chi connectivity index (χ0) is 14.2. The Kier molecular flexibility index (Phi) is 3.48. The van der Waals surface area contributed by atoms with Gasteiger partial charge in [-0.15, -0.1) is 0 Å². The van der Waals surface area contributed by atoms with Crippen molar-refractivity contribution in [1.82, 2.24) is 9.78 Å². The normalized spacial score (nSPS) is 10.5. The van der Waals surface area contributed by atoms with E-state index in [0.29, 0.717) is 27.8 Å². The van der Waals surface area contributed by atoms with Crippen LogP contribution in [0.5, 0.6) is 0 Å². The van der Waals surface area contributed by atoms with E-state index in [9.17, 15) is 4.79 Å². The first-order valence-electron chi connectivity index (χ1n) is 5.76. The van der Waals surface area contributed by atoms with Crippen molar-refractivity contribution in [2.75, 3.05) is 11.1 Å². The molecule has 1 aromatic heterocycles. The van der Waals surface area contributed by atoms with Crippen LogP contribution in [-0.4, -0.2) is 15.7 Å². The molecule has 0 saturated heterocycles. The molecule has 0 atom stereocenters. The zero-order valence-corrected chi connectivity index (χ0v) is 11.7. The van der Waals surface area contributed by atoms with Crippen molar-refractivity contribution in [3.8, 4) is 0 Å². The lowest BCUT2D eigenvalue weighted by Gasteiger charge is -2.09. The van der Waals surface area contributed by atoms with E-state index in [4.69, 9.17) is 17.3 Å². The average Bonchev–Trinajstić information content (AvgIpc) is 2.58. The molecule has 0 spiro atoms. The van der Waals surface area contributed by atoms with Crippen LogP contribution in [0.25, 0.3) is 0 Å². The van der Waals surface area contributed by atoms with Crippen molar-refractivity contribution in [1.29, 1.82) is 0 Å². The lowest BCUT2D eigenvalue weighted by Crippen LogP contribution is -2.18. The molecule has 0 radical (unpaired) electrons. The number of nitrogen functional groups attached to an aromatic ring is 1. The largest absolute Gasteiger partial charge is 0.395 e. The number of carbonyl (C=O) groups is 1. The van der Waals surface area contributed by atoms with Crippen molar-refractivity contribution >= 4 is 28.9 Å². The zero-order valence-electron chi connectivity index (χ0n) is 11.0. The molecule has 0 fully saturated rings. The third-order valence-corrected chi connectivity index (χ3v) is 3.17. The maximum atomic E-state index is 12.2. The first-order chi connectivity index (χ1) is 8.90. The average molecular weight is 279 g/mol. The maximum Gasteiger partial charge on any atom is 0.276 e. The van der Waals surface area contributed by atoms with Gasteiger partial charge in [-0.1, -0.05) is 17.7 Å². The maximum absolute atomic E-state index is 12.2. The molecule has 0 aliphatic heterocycles. The Balaban J connectivity index is 2.33. The number of benzene rings is 1. The summed E-state index contributed by atoms with van der Waals surface area (Å²) >= 11 is 5.92. The van der Waals surface area contributed by atoms with E-state index in [0.717, 1.165) is 5.56 Å². The third-order valence-electron chi connectivity index (χ3n) is 2.93. The summed E-state index contributed by atoms with van der Waals surface area (Å²) in [5.74, 6) is -0.300. The highest BCUT2D eigenvalue weighted by Gasteiger charge is 2.18. The molecule has 0 unspecified atom stereocenters. The van der Waals surface area contributed by atoms with Gasteiger partial charge in [-0.2, -0.15) is 5.10 Å². The predicted molar refractivity (Wildman–Crippen MR) is 76.5 cm³/mol. The number of amides is 1. The van der Waals surface area contributed by atoms with Crippen LogP contribution in [0.1, 0.15) is 21.7 Å². The molecule has 1 heterocycles. The second kappa shape index (κ2) is 4.93. The molecular weight excluding hydrogens is 264 g/mol. The lowest BCUT2D eigenvalue weighted by molar-refractivity contribution is 0.101. The van der Waals surface area contributed by atoms with E-state index in [1.807, 2.05) is 13.0 Å². The molecule has 1 aromatic carbocycles. The van der Waals surface area contributed by atoms with Crippen LogP contribution in [0, 0.1) is 13.8 Å². The molecule has 0 aliphatic carbocycles. The Bertz CT molecular complexity index is 648. The molecule has 0 saturated carbocycles. The molecule has 100 valence electrons. The highest BCUT2D eigenvalue weighted by atomic mass is 35.5. The van der Waals surface area contributed by atoms with Crippen molar-refractivity contribution in [2.45, 2.75) is 13.8 Å². The number of hydrogen-bond acceptors (Lipinski definition) is 3. The molecule has 2 aromatic rings. The molecule has 1 amide bonds. The van der Waals surface area contributed by atoms with Gasteiger partial charge in [0.05, 0.1) is 11.4 Å². The standard InChI is InChI=1S/C13H15ClN4O/c1-7-4-5-9(14)6-10(7)16-13(19)12-11(15)8(2)17-18(12)3/h4-6H,15H2,1-3H3,(H,16,19). The van der Waals surface area contributed by atoms with Crippen molar-refractivity contribution < 1.29 is 4.79 Å². The van der Waals surface area contributed by atoms with E-state index in [2.05, 4.69) is 10.4 Å². The Morgan fingerprint density at radius 1 is 1.42 bits per heavy atom. The van der Waals surface area contributed by atoms with Crippen LogP contribution in [0.15, 0.2) is 18.2 Å². The van der Waals surface area contributed by atoms with Gasteiger partial charge in [0.1, 0.15) is 5.69 Å². The van der Waals surface area contributed by atoms with E-state index in [-0.39, 0.29) is 5.91 Å². The first-order valence-corrected chi connectivity index (χ1v) is 6.14. The van der Waals surface area contributed by atoms with Crippen LogP contribution in [0.4, 0.5) is 11.4 Å². The lowest BCUT2D eigenvalue weighted by atomic mass is 10.2. The SMILES string of the molecule is Cc1ccc(Cl)cc1NC(=O)c1c(N)c(C)nn1C. The monoisotopic (exact) mass is 278 g/mol. The van der Waals surface area contributed by atoms with Gasteiger partial charge in [-0.25, -0.2) is 0 Å². The van der Waals surface area contributed by atoms with Gasteiger partial charge in [0.25, 0.3) is 5.91 Å². The summed E-state index contributed by atoms with van der Waals surface area (Å²) in [5, 5.41) is 7.48. The highest BCUT2D eigenvalue weighted by Crippen LogP contribution is 2.22. The number of rotatable bonds is 2. The van der Waals surface area contributed by atoms with E-state index in [1.54, 1.807) is 26.1 Å². The summed E-state index contributed by atoms with van der Waals surface area (Å²) in [7, 11) is 1.68. The van der Waals surface area contributed by atoms with Gasteiger partial charge in [0.2, 0.25) is 0 Å². The Morgan fingerprint density at radius 2 is 2.11 bits per heavy atom. The third kappa shape index (κ3) is 2.56. The molecular formula is C13H15ClN4O. The van der Waals surface area contributed by atoms with Gasteiger partial charge in [-0.3, -0.25) is 9.48 Å². The topological polar surface area (TPSA) is 72.9 Å². The minimum atomic E-state index is -0.300. The van der Waals surface area contributed by atoms with Crippen molar-refractivity contribution in [2.24, 2.45) is 7.05 Å². The van der Waals surface area contributed by atoms with Crippen LogP contribution < -0.4 is 11.1 Å². The minimum absolute atomic E-state index is 0.300. The summed E-state index contributed by atoms with van der Waals surface area (Å²) in [6, 6.07) is 5.32. The van der Waals surface area contributed by atoms with Gasteiger partial charge in [-0.05, 0) is 31.5 Å². The van der Waals surface area contributed by atoms with Crippen LogP contribution >= 0.6 is 11.6 Å². The predicted octanol–water partition coefficient (Wildman–Crippen LogP) is 2.52. The molecule has 0 aliphatic rings. The summed E-state index contributed by atoms with van der Waals surface area (Å²) in [4.78, 5) is 12.2. The van der Waals surface area contributed by atoms with Gasteiger partial charge in [0.15, 0.2) is 0 Å². The fourth-order valence-corrected chi connectivity index (χ4v) is 2.03. The fourth-order valence-electron chi connectivity index (χ4n) is 1.85. The van der Waals surface area contributed by atoms with Crippen LogP contribution in [0.2, 0.25) is 5.02 Å². The number of nitrogens with zero attached hydrogens (tertiary/aromatic N) is 2. The summed E-state index contributed by atoms with van der Waals surface area (Å²) < 4.78 is 1.47. The molecule has 5 nitrogen and oxygen atoms in total. The van der Waals surface area contributed by atoms with Crippen molar-refractivity contribution in [3.63, 3.8) is 0 Å². The summed E-state index contributed by atoms with van der Waals surface area (Å²) in [5.41, 5.74) is 8.81. The number of aryl methyl sites for hydroxylation is 3. The number of nitrogens with one attached hydrogen (secondary N) is 1. The highest BCUT2D eigenvalue weighted by molar-refractivity contribution is 6.31. The molecule has 0 bridgehead atoms. The van der Waals surface area contributed by atoms with Gasteiger partial charge in [0, 0.05) is 17.8 Å². The number of carbonyl (C=O) groups excluding carboxylic acids is 1. The van der Waals surface area contributed by atoms with Crippen molar-refractivity contribution in [3.05, 3.63) is 40.2 Å². The second-order valence-electron chi connectivity index (χ2n) is 4.38. The number of halogens is 1. The van der Waals surface area contributed by atoms with Crippen LogP contribution in [-0.2, 0) is 7.05 Å². The first kappa shape index (κ1) is 13.4. The molecule has 19 heavy (non-hydrogen) atoms. The number of hydrogen-bond donors (Lipinski definition) is 2. The molecule has 6 heteroatoms. The molecule has 3 N–H and O–H groups in total. The van der Waals surface area contributed by atoms with Gasteiger partial charge < -0.3 is 11.1 Å². The minimum Gasteiger partial charge on any atom is -0.395 e. The molecule has 2 rings (SSSR count). The Morgan fingerprint density at radius 3 is 2.68 bits per heavy atom. The van der Waals surface area contributed by atoms with E-state index < -0.39 is 0 Å².